The Morgan fingerprint density at radius 3 is 2.36 bits per heavy atom. The van der Waals surface area contributed by atoms with Crippen LogP contribution in [0, 0.1) is 0 Å². The summed E-state index contributed by atoms with van der Waals surface area (Å²) in [5.41, 5.74) is 0. The monoisotopic (exact) mass is 160 g/mol. The second-order valence-electron chi connectivity index (χ2n) is 1.49. The van der Waals surface area contributed by atoms with Crippen molar-refractivity contribution in [2.45, 2.75) is 0 Å². The molecule has 0 aromatic carbocycles. The van der Waals surface area contributed by atoms with Crippen molar-refractivity contribution >= 4 is 12.1 Å². The van der Waals surface area contributed by atoms with Gasteiger partial charge in [0.2, 0.25) is 0 Å². The van der Waals surface area contributed by atoms with Crippen molar-refractivity contribution in [1.82, 2.24) is 0 Å². The van der Waals surface area contributed by atoms with Gasteiger partial charge in [-0.25, -0.2) is 9.59 Å². The molecule has 5 nitrogen and oxygen atoms in total. The first-order chi connectivity index (χ1) is 5.16. The van der Waals surface area contributed by atoms with Crippen LogP contribution in [0.25, 0.3) is 0 Å². The van der Waals surface area contributed by atoms with Crippen molar-refractivity contribution in [3.05, 3.63) is 12.7 Å². The number of ether oxygens (including phenoxy) is 2. The van der Waals surface area contributed by atoms with E-state index in [9.17, 15) is 9.59 Å². The van der Waals surface area contributed by atoms with Crippen molar-refractivity contribution < 1.29 is 24.2 Å². The molecule has 0 rings (SSSR count). The summed E-state index contributed by atoms with van der Waals surface area (Å²) in [5.74, 6) is -0.598. The fourth-order valence-electron chi connectivity index (χ4n) is 0.330. The van der Waals surface area contributed by atoms with E-state index in [1.165, 1.54) is 0 Å². The second-order valence-corrected chi connectivity index (χ2v) is 1.49. The van der Waals surface area contributed by atoms with Gasteiger partial charge in [0.15, 0.2) is 0 Å². The van der Waals surface area contributed by atoms with E-state index < -0.39 is 12.1 Å². The Hall–Kier alpha value is -1.52. The van der Waals surface area contributed by atoms with Gasteiger partial charge in [-0.15, -0.1) is 0 Å². The minimum atomic E-state index is -1.39. The Kier molecular flexibility index (Phi) is 4.55. The third-order valence-electron chi connectivity index (χ3n) is 0.720. The Labute approximate surface area is 63.2 Å². The molecular weight excluding hydrogens is 152 g/mol. The van der Waals surface area contributed by atoms with Crippen molar-refractivity contribution in [3.63, 3.8) is 0 Å². The molecule has 11 heavy (non-hydrogen) atoms. The van der Waals surface area contributed by atoms with Gasteiger partial charge in [-0.2, -0.15) is 0 Å². The highest BCUT2D eigenvalue weighted by molar-refractivity contribution is 5.81. The highest BCUT2D eigenvalue weighted by Crippen LogP contribution is 1.81. The summed E-state index contributed by atoms with van der Waals surface area (Å²) < 4.78 is 8.44. The summed E-state index contributed by atoms with van der Waals surface area (Å²) in [6.07, 6.45) is -0.402. The number of hydrogen-bond acceptors (Lipinski definition) is 4. The van der Waals surface area contributed by atoms with E-state index in [0.29, 0.717) is 0 Å². The SMILES string of the molecule is C=CC(=O)OCCOC(=O)O. The minimum absolute atomic E-state index is 0.0862. The first kappa shape index (κ1) is 9.48. The predicted molar refractivity (Wildman–Crippen MR) is 35.1 cm³/mol. The Morgan fingerprint density at radius 1 is 1.36 bits per heavy atom. The lowest BCUT2D eigenvalue weighted by Crippen LogP contribution is -2.10. The molecule has 0 aromatic heterocycles. The number of esters is 1. The van der Waals surface area contributed by atoms with E-state index in [2.05, 4.69) is 16.1 Å². The second kappa shape index (κ2) is 5.28. The largest absolute Gasteiger partial charge is 0.505 e. The van der Waals surface area contributed by atoms with E-state index in [0.717, 1.165) is 6.08 Å². The molecule has 0 heterocycles. The van der Waals surface area contributed by atoms with Crippen LogP contribution in [0.3, 0.4) is 0 Å². The first-order valence-corrected chi connectivity index (χ1v) is 2.81. The normalized spacial score (nSPS) is 8.36. The zero-order valence-electron chi connectivity index (χ0n) is 5.78. The molecule has 5 heteroatoms. The summed E-state index contributed by atoms with van der Waals surface area (Å²) in [7, 11) is 0. The molecule has 0 atom stereocenters. The Morgan fingerprint density at radius 2 is 1.91 bits per heavy atom. The minimum Gasteiger partial charge on any atom is -0.459 e. The maximum atomic E-state index is 10.3. The van der Waals surface area contributed by atoms with Gasteiger partial charge < -0.3 is 14.6 Å². The molecule has 0 amide bonds. The molecule has 0 aliphatic heterocycles. The van der Waals surface area contributed by atoms with Gasteiger partial charge in [-0.1, -0.05) is 6.58 Å². The summed E-state index contributed by atoms with van der Waals surface area (Å²) in [5, 5.41) is 7.95. The third kappa shape index (κ3) is 6.36. The highest BCUT2D eigenvalue weighted by Gasteiger charge is 1.97. The molecule has 0 bridgehead atoms. The fraction of sp³-hybridized carbons (Fsp3) is 0.333. The summed E-state index contributed by atoms with van der Waals surface area (Å²) in [4.78, 5) is 20.0. The standard InChI is InChI=1S/C6H8O5/c1-2-5(7)10-3-4-11-6(8)9/h2H,1,3-4H2,(H,8,9). The summed E-state index contributed by atoms with van der Waals surface area (Å²) in [6.45, 7) is 2.90. The Balaban J connectivity index is 3.21. The number of rotatable bonds is 4. The van der Waals surface area contributed by atoms with Gasteiger partial charge in [0.25, 0.3) is 0 Å². The summed E-state index contributed by atoms with van der Waals surface area (Å²) >= 11 is 0. The van der Waals surface area contributed by atoms with Crippen molar-refractivity contribution in [2.75, 3.05) is 13.2 Å². The smallest absolute Gasteiger partial charge is 0.459 e. The summed E-state index contributed by atoms with van der Waals surface area (Å²) in [6, 6.07) is 0. The van der Waals surface area contributed by atoms with Crippen LogP contribution in [0.4, 0.5) is 4.79 Å². The zero-order valence-corrected chi connectivity index (χ0v) is 5.78. The van der Waals surface area contributed by atoms with Crippen molar-refractivity contribution in [1.29, 1.82) is 0 Å². The van der Waals surface area contributed by atoms with Crippen molar-refractivity contribution in [2.24, 2.45) is 0 Å². The van der Waals surface area contributed by atoms with E-state index in [1.807, 2.05) is 0 Å². The molecule has 0 radical (unpaired) electrons. The van der Waals surface area contributed by atoms with Crippen LogP contribution in [0.5, 0.6) is 0 Å². The average Bonchev–Trinajstić information content (AvgIpc) is 1.97. The molecule has 0 unspecified atom stereocenters. The molecule has 1 N–H and O–H groups in total. The molecule has 0 saturated carbocycles. The van der Waals surface area contributed by atoms with Gasteiger partial charge in [-0.3, -0.25) is 0 Å². The molecule has 0 aromatic rings. The van der Waals surface area contributed by atoms with Gasteiger partial charge >= 0.3 is 12.1 Å². The van der Waals surface area contributed by atoms with Crippen LogP contribution < -0.4 is 0 Å². The molecular formula is C6H8O5. The van der Waals surface area contributed by atoms with Crippen LogP contribution in [-0.2, 0) is 14.3 Å². The average molecular weight is 160 g/mol. The molecule has 0 fully saturated rings. The van der Waals surface area contributed by atoms with Crippen LogP contribution in [0.2, 0.25) is 0 Å². The van der Waals surface area contributed by atoms with E-state index in [4.69, 9.17) is 5.11 Å². The van der Waals surface area contributed by atoms with Crippen LogP contribution in [0.15, 0.2) is 12.7 Å². The highest BCUT2D eigenvalue weighted by atomic mass is 16.7. The lowest BCUT2D eigenvalue weighted by Gasteiger charge is -1.99. The van der Waals surface area contributed by atoms with E-state index >= 15 is 0 Å². The zero-order chi connectivity index (χ0) is 8.69. The lowest BCUT2D eigenvalue weighted by molar-refractivity contribution is -0.138. The van der Waals surface area contributed by atoms with E-state index in [-0.39, 0.29) is 13.2 Å². The quantitative estimate of drug-likeness (QED) is 0.366. The predicted octanol–water partition coefficient (Wildman–Crippen LogP) is 0.410. The molecule has 0 spiro atoms. The number of carboxylic acid groups (broad SMARTS) is 1. The Bertz CT molecular complexity index is 162. The van der Waals surface area contributed by atoms with Gasteiger partial charge in [-0.05, 0) is 0 Å². The first-order valence-electron chi connectivity index (χ1n) is 2.81. The number of hydrogen-bond donors (Lipinski definition) is 1. The van der Waals surface area contributed by atoms with Crippen LogP contribution in [-0.4, -0.2) is 30.4 Å². The molecule has 0 aliphatic carbocycles. The van der Waals surface area contributed by atoms with Gasteiger partial charge in [0, 0.05) is 6.08 Å². The molecule has 0 saturated heterocycles. The van der Waals surface area contributed by atoms with Crippen LogP contribution >= 0.6 is 0 Å². The third-order valence-corrected chi connectivity index (χ3v) is 0.720. The molecule has 62 valence electrons. The maximum absolute atomic E-state index is 10.3. The number of carbonyl (C=O) groups is 2. The molecule has 0 aliphatic rings. The fourth-order valence-corrected chi connectivity index (χ4v) is 0.330. The van der Waals surface area contributed by atoms with E-state index in [1.54, 1.807) is 0 Å². The topological polar surface area (TPSA) is 72.8 Å². The van der Waals surface area contributed by atoms with Crippen LogP contribution in [0.1, 0.15) is 0 Å². The van der Waals surface area contributed by atoms with Gasteiger partial charge in [0.1, 0.15) is 13.2 Å². The van der Waals surface area contributed by atoms with Crippen molar-refractivity contribution in [3.8, 4) is 0 Å². The lowest BCUT2D eigenvalue weighted by atomic mass is 10.6. The van der Waals surface area contributed by atoms with Gasteiger partial charge in [0.05, 0.1) is 0 Å². The number of carbonyl (C=O) groups excluding carboxylic acids is 1. The maximum Gasteiger partial charge on any atom is 0.505 e.